The summed E-state index contributed by atoms with van der Waals surface area (Å²) in [5.41, 5.74) is 5.59. The van der Waals surface area contributed by atoms with Crippen LogP contribution in [0.15, 0.2) is 42.5 Å². The van der Waals surface area contributed by atoms with Crippen LogP contribution in [0.3, 0.4) is 0 Å². The van der Waals surface area contributed by atoms with Gasteiger partial charge in [0, 0.05) is 5.69 Å². The first-order valence-electron chi connectivity index (χ1n) is 9.93. The maximum absolute atomic E-state index is 12.5. The number of anilines is 1. The lowest BCUT2D eigenvalue weighted by Gasteiger charge is -2.21. The molecule has 0 saturated heterocycles. The number of hydrogen-bond donors (Lipinski definition) is 2. The van der Waals surface area contributed by atoms with Gasteiger partial charge in [0.05, 0.1) is 6.04 Å². The van der Waals surface area contributed by atoms with Gasteiger partial charge < -0.3 is 10.6 Å². The largest absolute Gasteiger partial charge is 0.341 e. The zero-order valence-electron chi connectivity index (χ0n) is 16.2. The molecule has 1 unspecified atom stereocenters. The van der Waals surface area contributed by atoms with E-state index in [0.717, 1.165) is 36.8 Å². The fraction of sp³-hybridized carbons (Fsp3) is 0.391. The van der Waals surface area contributed by atoms with Crippen LogP contribution in [-0.4, -0.2) is 11.8 Å². The maximum Gasteiger partial charge on any atom is 0.313 e. The second-order valence-electron chi connectivity index (χ2n) is 7.13. The van der Waals surface area contributed by atoms with Crippen LogP contribution >= 0.6 is 0 Å². The predicted octanol–water partition coefficient (Wildman–Crippen LogP) is 4.33. The average molecular weight is 364 g/mol. The molecule has 0 saturated carbocycles. The Bertz CT molecular complexity index is 829. The Kier molecular flexibility index (Phi) is 6.28. The molecule has 3 rings (SSSR count). The SMILES string of the molecule is CCc1ccccc1NC(=O)C(=O)NC(CC)c1ccc2c(c1)CCCC2. The van der Waals surface area contributed by atoms with Gasteiger partial charge in [-0.2, -0.15) is 0 Å². The van der Waals surface area contributed by atoms with Crippen molar-refractivity contribution in [3.8, 4) is 0 Å². The van der Waals surface area contributed by atoms with E-state index < -0.39 is 11.8 Å². The Morgan fingerprint density at radius 2 is 1.70 bits per heavy atom. The molecule has 2 aromatic carbocycles. The number of aryl methyl sites for hydroxylation is 3. The van der Waals surface area contributed by atoms with E-state index in [1.165, 1.54) is 24.0 Å². The molecule has 142 valence electrons. The summed E-state index contributed by atoms with van der Waals surface area (Å²) < 4.78 is 0. The van der Waals surface area contributed by atoms with Crippen LogP contribution in [0.4, 0.5) is 5.69 Å². The molecule has 1 aliphatic carbocycles. The molecule has 4 nitrogen and oxygen atoms in total. The predicted molar refractivity (Wildman–Crippen MR) is 109 cm³/mol. The first-order valence-corrected chi connectivity index (χ1v) is 9.93. The minimum absolute atomic E-state index is 0.156. The number of rotatable bonds is 5. The van der Waals surface area contributed by atoms with Crippen LogP contribution in [0.5, 0.6) is 0 Å². The second kappa shape index (κ2) is 8.85. The maximum atomic E-state index is 12.5. The van der Waals surface area contributed by atoms with Crippen molar-refractivity contribution in [1.29, 1.82) is 0 Å². The standard InChI is InChI=1S/C23H28N2O2/c1-3-16-9-7-8-12-21(16)25-23(27)22(26)24-20(4-2)19-14-13-17-10-5-6-11-18(17)15-19/h7-9,12-15,20H,3-6,10-11H2,1-2H3,(H,24,26)(H,25,27). The second-order valence-corrected chi connectivity index (χ2v) is 7.13. The van der Waals surface area contributed by atoms with E-state index in [-0.39, 0.29) is 6.04 Å². The van der Waals surface area contributed by atoms with Gasteiger partial charge >= 0.3 is 11.8 Å². The number of carbonyl (C=O) groups is 2. The smallest absolute Gasteiger partial charge is 0.313 e. The molecule has 0 bridgehead atoms. The molecule has 0 heterocycles. The van der Waals surface area contributed by atoms with E-state index in [9.17, 15) is 9.59 Å². The fourth-order valence-electron chi connectivity index (χ4n) is 3.74. The number of nitrogens with one attached hydrogen (secondary N) is 2. The van der Waals surface area contributed by atoms with Gasteiger partial charge in [-0.25, -0.2) is 0 Å². The van der Waals surface area contributed by atoms with Gasteiger partial charge in [-0.3, -0.25) is 9.59 Å². The summed E-state index contributed by atoms with van der Waals surface area (Å²) in [5, 5.41) is 5.64. The monoisotopic (exact) mass is 364 g/mol. The van der Waals surface area contributed by atoms with E-state index in [1.807, 2.05) is 38.1 Å². The topological polar surface area (TPSA) is 58.2 Å². The van der Waals surface area contributed by atoms with Gasteiger partial charge in [0.1, 0.15) is 0 Å². The minimum Gasteiger partial charge on any atom is -0.341 e. The average Bonchev–Trinajstić information content (AvgIpc) is 2.71. The van der Waals surface area contributed by atoms with Crippen molar-refractivity contribution in [2.75, 3.05) is 5.32 Å². The molecule has 2 amide bonds. The summed E-state index contributed by atoms with van der Waals surface area (Å²) in [6.45, 7) is 4.04. The third kappa shape index (κ3) is 4.57. The third-order valence-corrected chi connectivity index (χ3v) is 5.34. The summed E-state index contributed by atoms with van der Waals surface area (Å²) in [4.78, 5) is 24.8. The molecule has 4 heteroatoms. The molecule has 0 aliphatic heterocycles. The summed E-state index contributed by atoms with van der Waals surface area (Å²) in [7, 11) is 0. The Balaban J connectivity index is 1.68. The zero-order valence-corrected chi connectivity index (χ0v) is 16.2. The molecule has 0 spiro atoms. The number of carbonyl (C=O) groups excluding carboxylic acids is 2. The van der Waals surface area contributed by atoms with Crippen LogP contribution in [0.25, 0.3) is 0 Å². The van der Waals surface area contributed by atoms with Crippen molar-refractivity contribution >= 4 is 17.5 Å². The molecular weight excluding hydrogens is 336 g/mol. The van der Waals surface area contributed by atoms with Crippen LogP contribution < -0.4 is 10.6 Å². The molecule has 0 radical (unpaired) electrons. The summed E-state index contributed by atoms with van der Waals surface area (Å²) in [6.07, 6.45) is 6.24. The highest BCUT2D eigenvalue weighted by Crippen LogP contribution is 2.26. The van der Waals surface area contributed by atoms with Crippen molar-refractivity contribution in [1.82, 2.24) is 5.32 Å². The van der Waals surface area contributed by atoms with Gasteiger partial charge in [0.15, 0.2) is 0 Å². The van der Waals surface area contributed by atoms with Gasteiger partial charge in [-0.1, -0.05) is 50.2 Å². The number of para-hydroxylation sites is 1. The first kappa shape index (κ1) is 19.2. The van der Waals surface area contributed by atoms with Gasteiger partial charge in [-0.05, 0) is 66.8 Å². The Hall–Kier alpha value is -2.62. The van der Waals surface area contributed by atoms with E-state index >= 15 is 0 Å². The quantitative estimate of drug-likeness (QED) is 0.776. The van der Waals surface area contributed by atoms with Crippen LogP contribution in [0.2, 0.25) is 0 Å². The minimum atomic E-state index is -0.618. The summed E-state index contributed by atoms with van der Waals surface area (Å²) >= 11 is 0. The highest BCUT2D eigenvalue weighted by molar-refractivity contribution is 6.39. The number of hydrogen-bond acceptors (Lipinski definition) is 2. The van der Waals surface area contributed by atoms with Crippen molar-refractivity contribution in [3.63, 3.8) is 0 Å². The van der Waals surface area contributed by atoms with Gasteiger partial charge in [0.2, 0.25) is 0 Å². The molecule has 2 aromatic rings. The number of benzene rings is 2. The molecule has 0 fully saturated rings. The zero-order chi connectivity index (χ0) is 19.2. The van der Waals surface area contributed by atoms with Crippen LogP contribution in [-0.2, 0) is 28.9 Å². The van der Waals surface area contributed by atoms with Crippen molar-refractivity contribution < 1.29 is 9.59 Å². The molecule has 1 atom stereocenters. The fourth-order valence-corrected chi connectivity index (χ4v) is 3.74. The van der Waals surface area contributed by atoms with Gasteiger partial charge in [-0.15, -0.1) is 0 Å². The van der Waals surface area contributed by atoms with Crippen molar-refractivity contribution in [2.45, 2.75) is 58.4 Å². The highest BCUT2D eigenvalue weighted by Gasteiger charge is 2.21. The Morgan fingerprint density at radius 3 is 2.44 bits per heavy atom. The lowest BCUT2D eigenvalue weighted by atomic mass is 9.89. The first-order chi connectivity index (χ1) is 13.1. The summed E-state index contributed by atoms with van der Waals surface area (Å²) in [5.74, 6) is -1.21. The van der Waals surface area contributed by atoms with E-state index in [2.05, 4.69) is 28.8 Å². The molecule has 27 heavy (non-hydrogen) atoms. The lowest BCUT2D eigenvalue weighted by Crippen LogP contribution is -2.37. The van der Waals surface area contributed by atoms with Crippen LogP contribution in [0, 0.1) is 0 Å². The van der Waals surface area contributed by atoms with Crippen LogP contribution in [0.1, 0.15) is 61.4 Å². The van der Waals surface area contributed by atoms with Crippen molar-refractivity contribution in [2.24, 2.45) is 0 Å². The molecule has 0 aromatic heterocycles. The third-order valence-electron chi connectivity index (χ3n) is 5.34. The van der Waals surface area contributed by atoms with Gasteiger partial charge in [0.25, 0.3) is 0 Å². The molecule has 2 N–H and O–H groups in total. The Labute approximate surface area is 161 Å². The highest BCUT2D eigenvalue weighted by atomic mass is 16.2. The Morgan fingerprint density at radius 1 is 0.963 bits per heavy atom. The number of amides is 2. The van der Waals surface area contributed by atoms with E-state index in [0.29, 0.717) is 5.69 Å². The van der Waals surface area contributed by atoms with E-state index in [4.69, 9.17) is 0 Å². The summed E-state index contributed by atoms with van der Waals surface area (Å²) in [6, 6.07) is 13.9. The number of fused-ring (bicyclic) bond motifs is 1. The van der Waals surface area contributed by atoms with E-state index in [1.54, 1.807) is 0 Å². The molecular formula is C23H28N2O2. The normalized spacial score (nSPS) is 14.1. The van der Waals surface area contributed by atoms with Crippen molar-refractivity contribution in [3.05, 3.63) is 64.7 Å². The lowest BCUT2D eigenvalue weighted by molar-refractivity contribution is -0.136. The molecule has 1 aliphatic rings.